The van der Waals surface area contributed by atoms with Crippen molar-refractivity contribution in [2.24, 2.45) is 9.98 Å². The molecule has 0 aromatic rings. The van der Waals surface area contributed by atoms with Crippen LogP contribution >= 0.6 is 23.5 Å². The highest BCUT2D eigenvalue weighted by atomic mass is 32.2. The Kier molecular flexibility index (Phi) is 15.0. The highest BCUT2D eigenvalue weighted by Crippen LogP contribution is 2.15. The zero-order valence-corrected chi connectivity index (χ0v) is 11.5. The van der Waals surface area contributed by atoms with E-state index in [1.54, 1.807) is 0 Å². The van der Waals surface area contributed by atoms with E-state index in [9.17, 15) is 9.59 Å². The first-order valence-electron chi connectivity index (χ1n) is 5.64. The van der Waals surface area contributed by atoms with Crippen LogP contribution in [0, 0.1) is 0 Å². The van der Waals surface area contributed by atoms with Gasteiger partial charge in [-0.15, -0.1) is 0 Å². The van der Waals surface area contributed by atoms with Gasteiger partial charge in [-0.2, -0.15) is 23.5 Å². The summed E-state index contributed by atoms with van der Waals surface area (Å²) in [7, 11) is 0. The summed E-state index contributed by atoms with van der Waals surface area (Å²) >= 11 is 3.83. The van der Waals surface area contributed by atoms with E-state index in [2.05, 4.69) is 9.98 Å². The van der Waals surface area contributed by atoms with Gasteiger partial charge in [-0.1, -0.05) is 0 Å². The summed E-state index contributed by atoms with van der Waals surface area (Å²) in [5.74, 6) is 2.24. The first-order chi connectivity index (χ1) is 8.41. The average molecular weight is 274 g/mol. The van der Waals surface area contributed by atoms with Crippen LogP contribution in [0.4, 0.5) is 0 Å². The lowest BCUT2D eigenvalue weighted by Gasteiger charge is -2.00. The van der Waals surface area contributed by atoms with Crippen molar-refractivity contribution in [1.82, 2.24) is 0 Å². The Morgan fingerprint density at radius 2 is 1.24 bits per heavy atom. The molecule has 0 aliphatic heterocycles. The molecule has 0 aliphatic carbocycles. The van der Waals surface area contributed by atoms with E-state index in [-0.39, 0.29) is 0 Å². The van der Waals surface area contributed by atoms with Crippen molar-refractivity contribution in [3.05, 3.63) is 0 Å². The van der Waals surface area contributed by atoms with E-state index in [0.717, 1.165) is 42.3 Å². The molecule has 0 saturated carbocycles. The predicted molar refractivity (Wildman–Crippen MR) is 74.2 cm³/mol. The van der Waals surface area contributed by atoms with Gasteiger partial charge in [0.15, 0.2) is 0 Å². The van der Waals surface area contributed by atoms with Gasteiger partial charge in [-0.25, -0.2) is 19.6 Å². The fraction of sp³-hybridized carbons (Fsp3) is 0.818. The number of isocyanates is 2. The monoisotopic (exact) mass is 274 g/mol. The largest absolute Gasteiger partial charge is 0.234 e. The summed E-state index contributed by atoms with van der Waals surface area (Å²) in [6.45, 7) is 1.21. The normalized spacial score (nSPS) is 9.41. The van der Waals surface area contributed by atoms with Crippen LogP contribution < -0.4 is 0 Å². The van der Waals surface area contributed by atoms with Crippen molar-refractivity contribution in [2.75, 3.05) is 29.7 Å². The van der Waals surface area contributed by atoms with Crippen LogP contribution in [0.1, 0.15) is 25.7 Å². The maximum absolute atomic E-state index is 9.78. The molecule has 0 saturated heterocycles. The summed E-state index contributed by atoms with van der Waals surface area (Å²) in [6.07, 6.45) is 7.22. The Labute approximate surface area is 111 Å². The van der Waals surface area contributed by atoms with Gasteiger partial charge >= 0.3 is 0 Å². The fourth-order valence-corrected chi connectivity index (χ4v) is 3.29. The molecule has 0 heterocycles. The van der Waals surface area contributed by atoms with Gasteiger partial charge in [0.05, 0.1) is 13.1 Å². The number of thioether (sulfide) groups is 2. The van der Waals surface area contributed by atoms with E-state index < -0.39 is 0 Å². The predicted octanol–water partition coefficient (Wildman–Crippen LogP) is 2.64. The number of hydrogen-bond donors (Lipinski definition) is 0. The lowest BCUT2D eigenvalue weighted by Crippen LogP contribution is -1.87. The number of hydrogen-bond acceptors (Lipinski definition) is 6. The SMILES string of the molecule is O=C=NCCCCSCSCCCCN=C=O. The van der Waals surface area contributed by atoms with Gasteiger partial charge in [-0.3, -0.25) is 0 Å². The fourth-order valence-electron chi connectivity index (χ4n) is 1.06. The highest BCUT2D eigenvalue weighted by molar-refractivity contribution is 8.15. The molecule has 0 bridgehead atoms. The zero-order valence-electron chi connectivity index (χ0n) is 9.89. The van der Waals surface area contributed by atoms with Crippen molar-refractivity contribution in [3.63, 3.8) is 0 Å². The lowest BCUT2D eigenvalue weighted by molar-refractivity contribution is 0.561. The average Bonchev–Trinajstić information content (AvgIpc) is 2.35. The Bertz CT molecular complexity index is 236. The van der Waals surface area contributed by atoms with Crippen molar-refractivity contribution in [1.29, 1.82) is 0 Å². The Balaban J connectivity index is 2.98. The van der Waals surface area contributed by atoms with Gasteiger partial charge < -0.3 is 0 Å². The molecule has 0 aromatic heterocycles. The minimum absolute atomic E-state index is 0.606. The first kappa shape index (κ1) is 16.5. The molecule has 0 aliphatic rings. The second-order valence-corrected chi connectivity index (χ2v) is 5.87. The van der Waals surface area contributed by atoms with Crippen LogP contribution in [0.25, 0.3) is 0 Å². The van der Waals surface area contributed by atoms with Crippen LogP contribution in [0.5, 0.6) is 0 Å². The number of rotatable bonds is 12. The second kappa shape index (κ2) is 15.5. The van der Waals surface area contributed by atoms with Crippen molar-refractivity contribution in [2.45, 2.75) is 25.7 Å². The molecule has 0 spiro atoms. The molecule has 0 aromatic carbocycles. The minimum atomic E-state index is 0.606. The summed E-state index contributed by atoms with van der Waals surface area (Å²) < 4.78 is 0. The molecular weight excluding hydrogens is 256 g/mol. The highest BCUT2D eigenvalue weighted by Gasteiger charge is 1.92. The minimum Gasteiger partial charge on any atom is -0.211 e. The molecule has 0 fully saturated rings. The number of unbranched alkanes of at least 4 members (excludes halogenated alkanes) is 2. The van der Waals surface area contributed by atoms with E-state index in [1.807, 2.05) is 23.5 Å². The Morgan fingerprint density at radius 1 is 0.765 bits per heavy atom. The third kappa shape index (κ3) is 15.5. The smallest absolute Gasteiger partial charge is 0.211 e. The zero-order chi connectivity index (χ0) is 12.6. The second-order valence-electron chi connectivity index (χ2n) is 3.29. The van der Waals surface area contributed by atoms with Crippen LogP contribution in [0.2, 0.25) is 0 Å². The van der Waals surface area contributed by atoms with Crippen molar-refractivity contribution >= 4 is 35.7 Å². The van der Waals surface area contributed by atoms with Crippen LogP contribution in [-0.4, -0.2) is 41.8 Å². The van der Waals surface area contributed by atoms with E-state index >= 15 is 0 Å². The van der Waals surface area contributed by atoms with Gasteiger partial charge in [0, 0.05) is 5.08 Å². The summed E-state index contributed by atoms with van der Waals surface area (Å²) in [6, 6.07) is 0. The number of nitrogens with zero attached hydrogens (tertiary/aromatic N) is 2. The molecule has 0 N–H and O–H groups in total. The van der Waals surface area contributed by atoms with Gasteiger partial charge in [0.2, 0.25) is 12.2 Å². The van der Waals surface area contributed by atoms with Gasteiger partial charge in [0.25, 0.3) is 0 Å². The standard InChI is InChI=1S/C11H18N2O2S2/c14-9-12-5-1-3-7-16-11-17-8-4-2-6-13-10-15/h1-8,11H2. The van der Waals surface area contributed by atoms with Crippen molar-refractivity contribution in [3.8, 4) is 0 Å². The number of carbonyl (C=O) groups excluding carboxylic acids is 2. The van der Waals surface area contributed by atoms with Crippen molar-refractivity contribution < 1.29 is 9.59 Å². The maximum Gasteiger partial charge on any atom is 0.234 e. The van der Waals surface area contributed by atoms with Crippen LogP contribution in [-0.2, 0) is 9.59 Å². The molecule has 6 heteroatoms. The molecule has 0 atom stereocenters. The molecular formula is C11H18N2O2S2. The molecule has 17 heavy (non-hydrogen) atoms. The third-order valence-corrected chi connectivity index (χ3v) is 4.40. The molecule has 0 radical (unpaired) electrons. The van der Waals surface area contributed by atoms with Gasteiger partial charge in [-0.05, 0) is 37.2 Å². The topological polar surface area (TPSA) is 58.9 Å². The van der Waals surface area contributed by atoms with Crippen LogP contribution in [0.3, 0.4) is 0 Å². The van der Waals surface area contributed by atoms with Crippen LogP contribution in [0.15, 0.2) is 9.98 Å². The van der Waals surface area contributed by atoms with E-state index in [0.29, 0.717) is 13.1 Å². The Hall–Kier alpha value is -0.540. The number of aliphatic imine (C=N–C) groups is 2. The van der Waals surface area contributed by atoms with E-state index in [1.165, 1.54) is 12.2 Å². The maximum atomic E-state index is 9.78. The Morgan fingerprint density at radius 3 is 1.65 bits per heavy atom. The lowest BCUT2D eigenvalue weighted by atomic mass is 10.3. The summed E-state index contributed by atoms with van der Waals surface area (Å²) in [4.78, 5) is 26.6. The quantitative estimate of drug-likeness (QED) is 0.237. The molecule has 0 unspecified atom stereocenters. The van der Waals surface area contributed by atoms with E-state index in [4.69, 9.17) is 0 Å². The summed E-state index contributed by atoms with van der Waals surface area (Å²) in [5.41, 5.74) is 0. The molecule has 4 nitrogen and oxygen atoms in total. The molecule has 0 rings (SSSR count). The summed E-state index contributed by atoms with van der Waals surface area (Å²) in [5, 5.41) is 1.11. The van der Waals surface area contributed by atoms with Gasteiger partial charge in [0.1, 0.15) is 0 Å². The third-order valence-electron chi connectivity index (χ3n) is 1.91. The molecule has 96 valence electrons. The first-order valence-corrected chi connectivity index (χ1v) is 7.95. The molecule has 0 amide bonds.